The summed E-state index contributed by atoms with van der Waals surface area (Å²) >= 11 is 1.56. The zero-order valence-electron chi connectivity index (χ0n) is 11.0. The highest BCUT2D eigenvalue weighted by atomic mass is 32.1. The second-order valence-electron chi connectivity index (χ2n) is 4.78. The minimum Gasteiger partial charge on any atom is -0.437 e. The van der Waals surface area contributed by atoms with Gasteiger partial charge in [-0.3, -0.25) is 4.79 Å². The van der Waals surface area contributed by atoms with Gasteiger partial charge in [-0.25, -0.2) is 9.97 Å². The number of carbonyl (C=O) groups excluding carboxylic acids is 1. The molecule has 1 N–H and O–H groups in total. The lowest BCUT2D eigenvalue weighted by Crippen LogP contribution is -2.18. The van der Waals surface area contributed by atoms with Gasteiger partial charge in [0.2, 0.25) is 11.8 Å². The number of amides is 1. The van der Waals surface area contributed by atoms with E-state index in [0.717, 1.165) is 33.6 Å². The molecule has 21 heavy (non-hydrogen) atoms. The number of nitrogens with one attached hydrogen (secondary N) is 1. The molecule has 1 amide bonds. The molecule has 3 aromatic rings. The predicted octanol–water partition coefficient (Wildman–Crippen LogP) is 3.37. The highest BCUT2D eigenvalue weighted by Gasteiger charge is 2.16. The molecule has 6 heteroatoms. The molecule has 1 aliphatic heterocycles. The van der Waals surface area contributed by atoms with Crippen LogP contribution in [0.25, 0.3) is 10.2 Å². The number of fused-ring (bicyclic) bond motifs is 2. The van der Waals surface area contributed by atoms with E-state index in [1.165, 1.54) is 6.33 Å². The summed E-state index contributed by atoms with van der Waals surface area (Å²) in [5.41, 5.74) is 2.83. The number of anilines is 1. The molecular weight excluding hydrogens is 286 g/mol. The Bertz CT molecular complexity index is 844. The van der Waals surface area contributed by atoms with Crippen molar-refractivity contribution in [2.75, 3.05) is 5.32 Å². The zero-order valence-corrected chi connectivity index (χ0v) is 11.8. The normalized spacial score (nSPS) is 13.8. The Morgan fingerprint density at radius 3 is 3.10 bits per heavy atom. The zero-order chi connectivity index (χ0) is 14.2. The molecule has 0 saturated heterocycles. The average molecular weight is 297 g/mol. The largest absolute Gasteiger partial charge is 0.437 e. The van der Waals surface area contributed by atoms with Gasteiger partial charge in [-0.2, -0.15) is 0 Å². The lowest BCUT2D eigenvalue weighted by Gasteiger charge is -2.17. The van der Waals surface area contributed by atoms with Crippen molar-refractivity contribution >= 4 is 33.1 Å². The number of aryl methyl sites for hydroxylation is 1. The molecule has 4 rings (SSSR count). The van der Waals surface area contributed by atoms with Gasteiger partial charge in [0.25, 0.3) is 0 Å². The molecule has 1 aliphatic rings. The molecule has 0 fully saturated rings. The molecule has 2 aromatic heterocycles. The van der Waals surface area contributed by atoms with Crippen molar-refractivity contribution in [2.45, 2.75) is 12.8 Å². The lowest BCUT2D eigenvalue weighted by molar-refractivity contribution is -0.116. The van der Waals surface area contributed by atoms with Crippen molar-refractivity contribution in [3.63, 3.8) is 0 Å². The second-order valence-corrected chi connectivity index (χ2v) is 5.70. The molecule has 0 spiro atoms. The van der Waals surface area contributed by atoms with Crippen LogP contribution in [-0.4, -0.2) is 15.9 Å². The van der Waals surface area contributed by atoms with Gasteiger partial charge < -0.3 is 10.1 Å². The van der Waals surface area contributed by atoms with E-state index >= 15 is 0 Å². The highest BCUT2D eigenvalue weighted by molar-refractivity contribution is 7.17. The molecule has 104 valence electrons. The number of rotatable bonds is 2. The van der Waals surface area contributed by atoms with Crippen LogP contribution in [0.2, 0.25) is 0 Å². The fourth-order valence-corrected chi connectivity index (χ4v) is 3.14. The quantitative estimate of drug-likeness (QED) is 0.787. The van der Waals surface area contributed by atoms with Gasteiger partial charge in [0.1, 0.15) is 16.8 Å². The fraction of sp³-hybridized carbons (Fsp3) is 0.133. The maximum absolute atomic E-state index is 11.4. The number of thiophene rings is 1. The summed E-state index contributed by atoms with van der Waals surface area (Å²) in [5.74, 6) is 1.35. The van der Waals surface area contributed by atoms with Crippen LogP contribution in [0.1, 0.15) is 12.0 Å². The number of ether oxygens (including phenoxy) is 1. The molecule has 0 aliphatic carbocycles. The van der Waals surface area contributed by atoms with Crippen molar-refractivity contribution < 1.29 is 9.53 Å². The number of nitrogens with zero attached hydrogens (tertiary/aromatic N) is 2. The molecule has 0 radical (unpaired) electrons. The van der Waals surface area contributed by atoms with Crippen LogP contribution in [0.3, 0.4) is 0 Å². The maximum atomic E-state index is 11.4. The van der Waals surface area contributed by atoms with Crippen LogP contribution in [0.4, 0.5) is 5.69 Å². The number of benzene rings is 1. The number of hydrogen-bond acceptors (Lipinski definition) is 5. The van der Waals surface area contributed by atoms with Gasteiger partial charge in [-0.1, -0.05) is 0 Å². The van der Waals surface area contributed by atoms with E-state index < -0.39 is 0 Å². The van der Waals surface area contributed by atoms with E-state index in [1.807, 2.05) is 29.6 Å². The first-order valence-corrected chi connectivity index (χ1v) is 7.46. The maximum Gasteiger partial charge on any atom is 0.240 e. The standard InChI is InChI=1S/C15H11N3O2S/c19-13-4-1-9-7-10(2-3-11(9)18-13)20-15-14-12(5-6-21-14)16-8-17-15/h2-3,5-8H,1,4H2,(H,18,19). The Morgan fingerprint density at radius 2 is 2.14 bits per heavy atom. The third kappa shape index (κ3) is 2.23. The number of hydrogen-bond donors (Lipinski definition) is 1. The molecule has 0 saturated carbocycles. The molecule has 1 aromatic carbocycles. The smallest absolute Gasteiger partial charge is 0.240 e. The first kappa shape index (κ1) is 12.3. The summed E-state index contributed by atoms with van der Waals surface area (Å²) in [4.78, 5) is 19.8. The average Bonchev–Trinajstić information content (AvgIpc) is 2.97. The van der Waals surface area contributed by atoms with Crippen LogP contribution in [0.15, 0.2) is 36.0 Å². The minimum atomic E-state index is 0.0623. The van der Waals surface area contributed by atoms with Gasteiger partial charge >= 0.3 is 0 Å². The summed E-state index contributed by atoms with van der Waals surface area (Å²) < 4.78 is 6.82. The molecular formula is C15H11N3O2S. The van der Waals surface area contributed by atoms with E-state index in [9.17, 15) is 4.79 Å². The van der Waals surface area contributed by atoms with E-state index in [1.54, 1.807) is 11.3 Å². The number of aromatic nitrogens is 2. The van der Waals surface area contributed by atoms with E-state index in [-0.39, 0.29) is 5.91 Å². The Kier molecular flexibility index (Phi) is 2.82. The third-order valence-electron chi connectivity index (χ3n) is 3.40. The van der Waals surface area contributed by atoms with Gasteiger partial charge in [0, 0.05) is 12.1 Å². The van der Waals surface area contributed by atoms with Crippen LogP contribution in [0, 0.1) is 0 Å². The van der Waals surface area contributed by atoms with Crippen LogP contribution < -0.4 is 10.1 Å². The molecule has 0 atom stereocenters. The van der Waals surface area contributed by atoms with Gasteiger partial charge in [0.05, 0.1) is 5.52 Å². The second kappa shape index (κ2) is 4.82. The van der Waals surface area contributed by atoms with Gasteiger partial charge in [-0.05, 0) is 41.6 Å². The Hall–Kier alpha value is -2.47. The third-order valence-corrected chi connectivity index (χ3v) is 4.29. The number of carbonyl (C=O) groups is 1. The topological polar surface area (TPSA) is 64.1 Å². The summed E-state index contributed by atoms with van der Waals surface area (Å²) in [6.07, 6.45) is 2.75. The fourth-order valence-electron chi connectivity index (χ4n) is 2.37. The predicted molar refractivity (Wildman–Crippen MR) is 80.9 cm³/mol. The first-order chi connectivity index (χ1) is 10.3. The lowest BCUT2D eigenvalue weighted by atomic mass is 10.0. The molecule has 0 unspecified atom stereocenters. The molecule has 0 bridgehead atoms. The van der Waals surface area contributed by atoms with Crippen molar-refractivity contribution in [2.24, 2.45) is 0 Å². The summed E-state index contributed by atoms with van der Waals surface area (Å²) in [7, 11) is 0. The first-order valence-electron chi connectivity index (χ1n) is 6.58. The van der Waals surface area contributed by atoms with Crippen molar-refractivity contribution in [1.82, 2.24) is 9.97 Å². The monoisotopic (exact) mass is 297 g/mol. The van der Waals surface area contributed by atoms with E-state index in [2.05, 4.69) is 15.3 Å². The van der Waals surface area contributed by atoms with E-state index in [4.69, 9.17) is 4.74 Å². The Balaban J connectivity index is 1.68. The summed E-state index contributed by atoms with van der Waals surface area (Å²) in [6.45, 7) is 0. The summed E-state index contributed by atoms with van der Waals surface area (Å²) in [5, 5.41) is 4.83. The van der Waals surface area contributed by atoms with Crippen LogP contribution in [0.5, 0.6) is 11.6 Å². The molecule has 3 heterocycles. The minimum absolute atomic E-state index is 0.0623. The van der Waals surface area contributed by atoms with Crippen LogP contribution in [-0.2, 0) is 11.2 Å². The van der Waals surface area contributed by atoms with Gasteiger partial charge in [-0.15, -0.1) is 11.3 Å². The van der Waals surface area contributed by atoms with Gasteiger partial charge in [0.15, 0.2) is 0 Å². The Morgan fingerprint density at radius 1 is 1.19 bits per heavy atom. The van der Waals surface area contributed by atoms with Crippen molar-refractivity contribution in [1.29, 1.82) is 0 Å². The summed E-state index contributed by atoms with van der Waals surface area (Å²) in [6, 6.07) is 7.60. The van der Waals surface area contributed by atoms with Crippen molar-refractivity contribution in [3.8, 4) is 11.6 Å². The van der Waals surface area contributed by atoms with Crippen LogP contribution >= 0.6 is 11.3 Å². The highest BCUT2D eigenvalue weighted by Crippen LogP contribution is 2.33. The Labute approximate surface area is 124 Å². The van der Waals surface area contributed by atoms with E-state index in [0.29, 0.717) is 12.3 Å². The molecule has 5 nitrogen and oxygen atoms in total. The van der Waals surface area contributed by atoms with Crippen molar-refractivity contribution in [3.05, 3.63) is 41.5 Å². The SMILES string of the molecule is O=C1CCc2cc(Oc3ncnc4ccsc34)ccc2N1.